The van der Waals surface area contributed by atoms with E-state index in [-0.39, 0.29) is 34.7 Å². The van der Waals surface area contributed by atoms with Crippen molar-refractivity contribution in [1.82, 2.24) is 14.1 Å². The lowest BCUT2D eigenvalue weighted by Crippen LogP contribution is -2.68. The van der Waals surface area contributed by atoms with Gasteiger partial charge < -0.3 is 4.74 Å². The van der Waals surface area contributed by atoms with E-state index in [1.165, 1.54) is 25.3 Å². The van der Waals surface area contributed by atoms with Gasteiger partial charge in [0.05, 0.1) is 13.3 Å². The smallest absolute Gasteiger partial charge is 0.248 e. The Hall–Kier alpha value is -1.71. The van der Waals surface area contributed by atoms with Crippen LogP contribution in [0.3, 0.4) is 0 Å². The van der Waals surface area contributed by atoms with Gasteiger partial charge in [-0.15, -0.1) is 0 Å². The first kappa shape index (κ1) is 24.4. The molecule has 0 N–H and O–H groups in total. The fourth-order valence-corrected chi connectivity index (χ4v) is 6.96. The van der Waals surface area contributed by atoms with Crippen LogP contribution in [0.15, 0.2) is 47.4 Å². The van der Waals surface area contributed by atoms with Crippen LogP contribution < -0.4 is 4.74 Å². The van der Waals surface area contributed by atoms with Crippen LogP contribution >= 0.6 is 11.6 Å². The Morgan fingerprint density at radius 1 is 1.12 bits per heavy atom. The average molecular weight is 496 g/mol. The molecule has 2 aliphatic heterocycles. The molecule has 0 amide bonds. The van der Waals surface area contributed by atoms with Crippen LogP contribution in [0.4, 0.5) is 4.39 Å². The molecule has 0 saturated carbocycles. The van der Waals surface area contributed by atoms with Gasteiger partial charge in [0.2, 0.25) is 10.0 Å². The highest BCUT2D eigenvalue weighted by Gasteiger charge is 2.45. The summed E-state index contributed by atoms with van der Waals surface area (Å²) in [5.74, 6) is 0.0331. The van der Waals surface area contributed by atoms with E-state index in [2.05, 4.69) is 23.6 Å². The average Bonchev–Trinajstić information content (AvgIpc) is 2.80. The van der Waals surface area contributed by atoms with E-state index < -0.39 is 10.0 Å². The van der Waals surface area contributed by atoms with Crippen LogP contribution in [0, 0.1) is 5.82 Å². The van der Waals surface area contributed by atoms with Crippen LogP contribution in [0.2, 0.25) is 5.02 Å². The van der Waals surface area contributed by atoms with Crippen molar-refractivity contribution in [3.05, 3.63) is 58.9 Å². The van der Waals surface area contributed by atoms with E-state index in [0.717, 1.165) is 31.5 Å². The molecule has 0 aliphatic carbocycles. The van der Waals surface area contributed by atoms with Gasteiger partial charge in [-0.3, -0.25) is 9.80 Å². The lowest BCUT2D eigenvalue weighted by molar-refractivity contribution is -0.0564. The van der Waals surface area contributed by atoms with Gasteiger partial charge in [0.15, 0.2) is 0 Å². The van der Waals surface area contributed by atoms with Crippen molar-refractivity contribution in [2.24, 2.45) is 0 Å². The summed E-state index contributed by atoms with van der Waals surface area (Å²) in [6, 6.07) is 11.7. The Morgan fingerprint density at radius 2 is 1.85 bits per heavy atom. The summed E-state index contributed by atoms with van der Waals surface area (Å²) in [6.07, 6.45) is 1.17. The van der Waals surface area contributed by atoms with Crippen molar-refractivity contribution >= 4 is 21.6 Å². The number of fused-ring (bicyclic) bond motifs is 1. The van der Waals surface area contributed by atoms with Crippen LogP contribution in [-0.2, 0) is 16.4 Å². The molecule has 0 spiro atoms. The Labute approximate surface area is 200 Å². The predicted octanol–water partition coefficient (Wildman–Crippen LogP) is 3.85. The second-order valence-electron chi connectivity index (χ2n) is 9.02. The maximum Gasteiger partial charge on any atom is 0.248 e. The van der Waals surface area contributed by atoms with Gasteiger partial charge in [-0.05, 0) is 62.6 Å². The molecule has 2 atom stereocenters. The van der Waals surface area contributed by atoms with Crippen LogP contribution in [-0.4, -0.2) is 74.1 Å². The molecule has 2 unspecified atom stereocenters. The summed E-state index contributed by atoms with van der Waals surface area (Å²) in [7, 11) is -2.38. The topological polar surface area (TPSA) is 53.1 Å². The van der Waals surface area contributed by atoms with Crippen molar-refractivity contribution < 1.29 is 17.5 Å². The molecule has 0 bridgehead atoms. The molecule has 180 valence electrons. The minimum absolute atomic E-state index is 0.0936. The zero-order chi connectivity index (χ0) is 23.8. The van der Waals surface area contributed by atoms with Crippen LogP contribution in [0.25, 0.3) is 0 Å². The predicted molar refractivity (Wildman–Crippen MR) is 128 cm³/mol. The van der Waals surface area contributed by atoms with Crippen LogP contribution in [0.5, 0.6) is 5.75 Å². The first-order chi connectivity index (χ1) is 15.7. The first-order valence-corrected chi connectivity index (χ1v) is 13.1. The summed E-state index contributed by atoms with van der Waals surface area (Å²) in [5, 5.41) is 0.352. The highest BCUT2D eigenvalue weighted by Crippen LogP contribution is 2.35. The molecule has 0 radical (unpaired) electrons. The van der Waals surface area contributed by atoms with Crippen molar-refractivity contribution in [3.63, 3.8) is 0 Å². The highest BCUT2D eigenvalue weighted by molar-refractivity contribution is 7.89. The van der Waals surface area contributed by atoms with E-state index in [1.807, 2.05) is 12.1 Å². The van der Waals surface area contributed by atoms with E-state index >= 15 is 0 Å². The third-order valence-corrected chi connectivity index (χ3v) is 8.80. The minimum Gasteiger partial charge on any atom is -0.495 e. The number of hydrogen-bond donors (Lipinski definition) is 0. The number of nitrogens with zero attached hydrogens (tertiary/aromatic N) is 3. The molecule has 0 aromatic heterocycles. The highest BCUT2D eigenvalue weighted by atomic mass is 35.5. The summed E-state index contributed by atoms with van der Waals surface area (Å²) in [5.41, 5.74) is 1.04. The summed E-state index contributed by atoms with van der Waals surface area (Å²) >= 11 is 6.16. The van der Waals surface area contributed by atoms with E-state index in [4.69, 9.17) is 16.3 Å². The van der Waals surface area contributed by atoms with Gasteiger partial charge >= 0.3 is 0 Å². The van der Waals surface area contributed by atoms with Gasteiger partial charge in [-0.25, -0.2) is 12.8 Å². The van der Waals surface area contributed by atoms with Gasteiger partial charge in [-0.2, -0.15) is 4.31 Å². The molecule has 2 saturated heterocycles. The molecule has 2 fully saturated rings. The van der Waals surface area contributed by atoms with Gasteiger partial charge in [-0.1, -0.05) is 23.7 Å². The summed E-state index contributed by atoms with van der Waals surface area (Å²) in [4.78, 5) is 4.73. The number of halogens is 2. The molecular formula is C24H31ClFN3O3S. The standard InChI is InChI=1S/C24H31ClFN3O3S/c1-17(2)27-15-21(13-18-5-8-20(26)9-6-18)28-11-4-12-29(24(28)16-27)33(30,31)23-14-19(25)7-10-22(23)32-3/h5-10,14,17,21,24H,4,11-13,15-16H2,1-3H3. The second-order valence-corrected chi connectivity index (χ2v) is 11.3. The van der Waals surface area contributed by atoms with Gasteiger partial charge in [0.25, 0.3) is 0 Å². The lowest BCUT2D eigenvalue weighted by Gasteiger charge is -2.53. The Kier molecular flexibility index (Phi) is 7.31. The molecule has 33 heavy (non-hydrogen) atoms. The molecule has 9 heteroatoms. The number of rotatable bonds is 6. The minimum atomic E-state index is -3.84. The molecule has 4 rings (SSSR count). The van der Waals surface area contributed by atoms with E-state index in [0.29, 0.717) is 18.1 Å². The molecule has 2 aromatic rings. The summed E-state index contributed by atoms with van der Waals surface area (Å²) in [6.45, 7) is 6.98. The number of ether oxygens (including phenoxy) is 1. The Morgan fingerprint density at radius 3 is 2.52 bits per heavy atom. The molecular weight excluding hydrogens is 465 g/mol. The quantitative estimate of drug-likeness (QED) is 0.609. The normalized spacial score (nSPS) is 23.0. The maximum atomic E-state index is 13.9. The van der Waals surface area contributed by atoms with Gasteiger partial charge in [0.1, 0.15) is 16.5 Å². The largest absolute Gasteiger partial charge is 0.495 e. The maximum absolute atomic E-state index is 13.9. The van der Waals surface area contributed by atoms with Crippen molar-refractivity contribution in [2.75, 3.05) is 33.3 Å². The van der Waals surface area contributed by atoms with Crippen LogP contribution in [0.1, 0.15) is 25.8 Å². The third-order valence-electron chi connectivity index (χ3n) is 6.65. The third kappa shape index (κ3) is 5.05. The SMILES string of the molecule is COc1ccc(Cl)cc1S(=O)(=O)N1CCCN2C(Cc3ccc(F)cc3)CN(C(C)C)CC21. The molecule has 2 heterocycles. The van der Waals surface area contributed by atoms with Crippen molar-refractivity contribution in [3.8, 4) is 5.75 Å². The number of hydrogen-bond acceptors (Lipinski definition) is 5. The zero-order valence-corrected chi connectivity index (χ0v) is 20.8. The van der Waals surface area contributed by atoms with E-state index in [1.54, 1.807) is 16.4 Å². The van der Waals surface area contributed by atoms with Crippen molar-refractivity contribution in [2.45, 2.75) is 49.8 Å². The lowest BCUT2D eigenvalue weighted by atomic mass is 9.98. The zero-order valence-electron chi connectivity index (χ0n) is 19.2. The number of benzene rings is 2. The number of sulfonamides is 1. The number of piperazine rings is 1. The Balaban J connectivity index is 1.69. The van der Waals surface area contributed by atoms with Gasteiger partial charge in [0, 0.05) is 43.3 Å². The van der Waals surface area contributed by atoms with Crippen molar-refractivity contribution in [1.29, 1.82) is 0 Å². The molecule has 2 aliphatic rings. The number of methoxy groups -OCH3 is 1. The fourth-order valence-electron chi connectivity index (χ4n) is 4.91. The monoisotopic (exact) mass is 495 g/mol. The first-order valence-electron chi connectivity index (χ1n) is 11.3. The summed E-state index contributed by atoms with van der Waals surface area (Å²) < 4.78 is 48.1. The molecule has 6 nitrogen and oxygen atoms in total. The van der Waals surface area contributed by atoms with E-state index in [9.17, 15) is 12.8 Å². The Bertz CT molecular complexity index is 1080. The molecule has 2 aromatic carbocycles. The second kappa shape index (κ2) is 9.88. The fraction of sp³-hybridized carbons (Fsp3) is 0.500.